The van der Waals surface area contributed by atoms with Gasteiger partial charge in [0, 0.05) is 18.4 Å². The van der Waals surface area contributed by atoms with Gasteiger partial charge in [0.1, 0.15) is 5.82 Å². The molecule has 2 heterocycles. The van der Waals surface area contributed by atoms with Gasteiger partial charge in [-0.25, -0.2) is 4.39 Å². The number of aryl methyl sites for hydroxylation is 1. The maximum atomic E-state index is 14.4. The topological polar surface area (TPSA) is 54.0 Å². The summed E-state index contributed by atoms with van der Waals surface area (Å²) in [5.41, 5.74) is 3.11. The summed E-state index contributed by atoms with van der Waals surface area (Å²) in [6.45, 7) is 3.27. The minimum atomic E-state index is -0.352. The molecule has 0 atom stereocenters. The lowest BCUT2D eigenvalue weighted by atomic mass is 9.99. The molecule has 0 aliphatic carbocycles. The minimum absolute atomic E-state index is 0. The summed E-state index contributed by atoms with van der Waals surface area (Å²) in [5, 5.41) is 5.82. The molecule has 0 spiro atoms. The van der Waals surface area contributed by atoms with E-state index in [0.717, 1.165) is 17.8 Å². The standard InChI is InChI=1S/C16H16FN3O.2ClH/c1-10-2-3-12(9-19-10)16(21)20-14-5-4-11-8-18-7-6-13(11)15(14)17;;/h2-5,9,18H,6-8H2,1H3,(H,20,21);2*1H. The molecular weight excluding hydrogens is 340 g/mol. The van der Waals surface area contributed by atoms with Crippen molar-refractivity contribution in [3.63, 3.8) is 0 Å². The summed E-state index contributed by atoms with van der Waals surface area (Å²) in [6, 6.07) is 6.90. The third-order valence-corrected chi connectivity index (χ3v) is 3.63. The second kappa shape index (κ2) is 8.24. The zero-order valence-electron chi connectivity index (χ0n) is 12.6. The molecule has 124 valence electrons. The summed E-state index contributed by atoms with van der Waals surface area (Å²) in [4.78, 5) is 16.2. The molecule has 3 rings (SSSR count). The Morgan fingerprint density at radius 1 is 1.26 bits per heavy atom. The van der Waals surface area contributed by atoms with Crippen molar-refractivity contribution in [1.29, 1.82) is 0 Å². The Morgan fingerprint density at radius 2 is 2.04 bits per heavy atom. The van der Waals surface area contributed by atoms with Crippen molar-refractivity contribution >= 4 is 36.4 Å². The van der Waals surface area contributed by atoms with Gasteiger partial charge in [0.2, 0.25) is 0 Å². The number of benzene rings is 1. The summed E-state index contributed by atoms with van der Waals surface area (Å²) in [6.07, 6.45) is 2.13. The fourth-order valence-corrected chi connectivity index (χ4v) is 2.43. The molecule has 0 bridgehead atoms. The third-order valence-electron chi connectivity index (χ3n) is 3.63. The van der Waals surface area contributed by atoms with Crippen LogP contribution >= 0.6 is 24.8 Å². The number of hydrogen-bond donors (Lipinski definition) is 2. The summed E-state index contributed by atoms with van der Waals surface area (Å²) in [5.74, 6) is -0.683. The van der Waals surface area contributed by atoms with E-state index in [1.54, 1.807) is 18.2 Å². The van der Waals surface area contributed by atoms with Gasteiger partial charge in [0.05, 0.1) is 11.3 Å². The van der Waals surface area contributed by atoms with Crippen LogP contribution in [-0.4, -0.2) is 17.4 Å². The molecule has 0 radical (unpaired) electrons. The van der Waals surface area contributed by atoms with Gasteiger partial charge in [-0.15, -0.1) is 24.8 Å². The van der Waals surface area contributed by atoms with Crippen molar-refractivity contribution in [3.8, 4) is 0 Å². The average molecular weight is 358 g/mol. The van der Waals surface area contributed by atoms with E-state index in [1.807, 2.05) is 13.0 Å². The third kappa shape index (κ3) is 4.19. The van der Waals surface area contributed by atoms with Crippen LogP contribution in [0.15, 0.2) is 30.5 Å². The number of aromatic nitrogens is 1. The molecule has 7 heteroatoms. The molecule has 1 aromatic carbocycles. The van der Waals surface area contributed by atoms with Gasteiger partial charge in [-0.1, -0.05) is 6.07 Å². The number of carbonyl (C=O) groups excluding carboxylic acids is 1. The van der Waals surface area contributed by atoms with E-state index in [9.17, 15) is 9.18 Å². The zero-order valence-corrected chi connectivity index (χ0v) is 14.2. The van der Waals surface area contributed by atoms with E-state index in [2.05, 4.69) is 15.6 Å². The number of pyridine rings is 1. The lowest BCUT2D eigenvalue weighted by molar-refractivity contribution is 0.102. The molecule has 0 fully saturated rings. The van der Waals surface area contributed by atoms with Crippen LogP contribution in [0.25, 0.3) is 0 Å². The van der Waals surface area contributed by atoms with Crippen LogP contribution in [0.1, 0.15) is 27.2 Å². The first kappa shape index (κ1) is 19.4. The maximum absolute atomic E-state index is 14.4. The molecule has 2 aromatic rings. The van der Waals surface area contributed by atoms with Crippen LogP contribution in [-0.2, 0) is 13.0 Å². The van der Waals surface area contributed by atoms with Gasteiger partial charge < -0.3 is 10.6 Å². The first-order valence-electron chi connectivity index (χ1n) is 6.90. The van der Waals surface area contributed by atoms with E-state index in [1.165, 1.54) is 6.20 Å². The highest BCUT2D eigenvalue weighted by atomic mass is 35.5. The Balaban J connectivity index is 0.00000132. The molecule has 1 amide bonds. The number of carbonyl (C=O) groups is 1. The highest BCUT2D eigenvalue weighted by Gasteiger charge is 2.18. The van der Waals surface area contributed by atoms with Crippen LogP contribution in [0, 0.1) is 12.7 Å². The van der Waals surface area contributed by atoms with Crippen LogP contribution in [0.2, 0.25) is 0 Å². The fourth-order valence-electron chi connectivity index (χ4n) is 2.43. The smallest absolute Gasteiger partial charge is 0.257 e. The van der Waals surface area contributed by atoms with Crippen LogP contribution < -0.4 is 10.6 Å². The van der Waals surface area contributed by atoms with Gasteiger partial charge in [-0.3, -0.25) is 9.78 Å². The Labute approximate surface area is 146 Å². The van der Waals surface area contributed by atoms with Gasteiger partial charge >= 0.3 is 0 Å². The number of amides is 1. The first-order valence-corrected chi connectivity index (χ1v) is 6.90. The van der Waals surface area contributed by atoms with Crippen LogP contribution in [0.3, 0.4) is 0 Å². The lowest BCUT2D eigenvalue weighted by Gasteiger charge is -2.19. The number of nitrogens with one attached hydrogen (secondary N) is 2. The quantitative estimate of drug-likeness (QED) is 0.867. The Bertz CT molecular complexity index is 692. The van der Waals surface area contributed by atoms with Gasteiger partial charge in [-0.05, 0) is 49.2 Å². The van der Waals surface area contributed by atoms with Crippen LogP contribution in [0.4, 0.5) is 10.1 Å². The molecule has 0 saturated heterocycles. The number of halogens is 3. The molecule has 0 saturated carbocycles. The molecule has 1 aromatic heterocycles. The van der Waals surface area contributed by atoms with Crippen LogP contribution in [0.5, 0.6) is 0 Å². The zero-order chi connectivity index (χ0) is 14.8. The van der Waals surface area contributed by atoms with E-state index in [0.29, 0.717) is 24.1 Å². The number of anilines is 1. The predicted octanol–water partition coefficient (Wildman–Crippen LogP) is 3.27. The molecule has 1 aliphatic heterocycles. The summed E-state index contributed by atoms with van der Waals surface area (Å²) < 4.78 is 14.4. The summed E-state index contributed by atoms with van der Waals surface area (Å²) >= 11 is 0. The molecule has 4 nitrogen and oxygen atoms in total. The largest absolute Gasteiger partial charge is 0.319 e. The molecule has 2 N–H and O–H groups in total. The predicted molar refractivity (Wildman–Crippen MR) is 93.2 cm³/mol. The van der Waals surface area contributed by atoms with Crippen molar-refractivity contribution in [2.75, 3.05) is 11.9 Å². The monoisotopic (exact) mass is 357 g/mol. The summed E-state index contributed by atoms with van der Waals surface area (Å²) in [7, 11) is 0. The van der Waals surface area contributed by atoms with E-state index >= 15 is 0 Å². The Hall–Kier alpha value is -1.69. The second-order valence-electron chi connectivity index (χ2n) is 5.13. The van der Waals surface area contributed by atoms with Gasteiger partial charge in [-0.2, -0.15) is 0 Å². The van der Waals surface area contributed by atoms with Gasteiger partial charge in [0.15, 0.2) is 0 Å². The first-order chi connectivity index (χ1) is 10.1. The average Bonchev–Trinajstić information content (AvgIpc) is 2.51. The Morgan fingerprint density at radius 3 is 2.74 bits per heavy atom. The number of fused-ring (bicyclic) bond motifs is 1. The lowest BCUT2D eigenvalue weighted by Crippen LogP contribution is -2.25. The van der Waals surface area contributed by atoms with E-state index in [-0.39, 0.29) is 42.2 Å². The minimum Gasteiger partial charge on any atom is -0.319 e. The fraction of sp³-hybridized carbons (Fsp3) is 0.250. The molecule has 1 aliphatic rings. The second-order valence-corrected chi connectivity index (χ2v) is 5.13. The Kier molecular flexibility index (Phi) is 6.94. The van der Waals surface area contributed by atoms with E-state index < -0.39 is 0 Å². The SMILES string of the molecule is Cc1ccc(C(=O)Nc2ccc3c(c2F)CCNC3)cn1.Cl.Cl. The molecule has 23 heavy (non-hydrogen) atoms. The number of rotatable bonds is 2. The number of nitrogens with zero attached hydrogens (tertiary/aromatic N) is 1. The normalized spacial score (nSPS) is 12.4. The number of hydrogen-bond acceptors (Lipinski definition) is 3. The molecule has 0 unspecified atom stereocenters. The van der Waals surface area contributed by atoms with Crippen molar-refractivity contribution in [3.05, 3.63) is 58.7 Å². The van der Waals surface area contributed by atoms with Gasteiger partial charge in [0.25, 0.3) is 5.91 Å². The maximum Gasteiger partial charge on any atom is 0.257 e. The van der Waals surface area contributed by atoms with Crippen molar-refractivity contribution < 1.29 is 9.18 Å². The van der Waals surface area contributed by atoms with Crippen molar-refractivity contribution in [1.82, 2.24) is 10.3 Å². The van der Waals surface area contributed by atoms with E-state index in [4.69, 9.17) is 0 Å². The highest BCUT2D eigenvalue weighted by Crippen LogP contribution is 2.24. The molecular formula is C16H18Cl2FN3O. The van der Waals surface area contributed by atoms with Crippen molar-refractivity contribution in [2.45, 2.75) is 19.9 Å². The highest BCUT2D eigenvalue weighted by molar-refractivity contribution is 6.04. The van der Waals surface area contributed by atoms with Crippen molar-refractivity contribution in [2.24, 2.45) is 0 Å².